The number of nitrogens with one attached hydrogen (secondary N) is 1. The van der Waals surface area contributed by atoms with Crippen LogP contribution in [0, 0.1) is 20.8 Å². The molecule has 2 aromatic rings. The third kappa shape index (κ3) is 2.94. The first-order valence-corrected chi connectivity index (χ1v) is 7.17. The summed E-state index contributed by atoms with van der Waals surface area (Å²) in [5, 5.41) is 4.51. The van der Waals surface area contributed by atoms with Crippen LogP contribution in [0.15, 0.2) is 18.2 Å². The van der Waals surface area contributed by atoms with Crippen molar-refractivity contribution >= 4 is 0 Å². The number of ether oxygens (including phenoxy) is 1. The molecule has 0 spiro atoms. The monoisotopic (exact) mass is 288 g/mol. The number of hydrogen-bond acceptors (Lipinski definition) is 4. The number of nitrogens with zero attached hydrogens (tertiary/aromatic N) is 2. The molecule has 0 aliphatic carbocycles. The largest absolute Gasteiger partial charge is 0.496 e. The summed E-state index contributed by atoms with van der Waals surface area (Å²) in [5.41, 5.74) is 8.32. The standard InChI is InChI=1S/C16H24N4O/c1-6-20-13(9-12(4)19-20)16(18-17)15-11(3)7-10(2)8-14(15)21-5/h7-9,16,18H,6,17H2,1-5H3. The fourth-order valence-corrected chi connectivity index (χ4v) is 2.85. The number of nitrogens with two attached hydrogens (primary N) is 1. The van der Waals surface area contributed by atoms with Gasteiger partial charge in [0.25, 0.3) is 0 Å². The number of benzene rings is 1. The van der Waals surface area contributed by atoms with E-state index in [0.29, 0.717) is 0 Å². The third-order valence-electron chi connectivity index (χ3n) is 3.70. The van der Waals surface area contributed by atoms with Crippen LogP contribution in [0.2, 0.25) is 0 Å². The Balaban J connectivity index is 2.61. The second-order valence-electron chi connectivity index (χ2n) is 5.32. The molecule has 1 heterocycles. The summed E-state index contributed by atoms with van der Waals surface area (Å²) in [5.74, 6) is 6.70. The minimum Gasteiger partial charge on any atom is -0.496 e. The lowest BCUT2D eigenvalue weighted by molar-refractivity contribution is 0.401. The van der Waals surface area contributed by atoms with Crippen molar-refractivity contribution in [3.63, 3.8) is 0 Å². The van der Waals surface area contributed by atoms with E-state index in [9.17, 15) is 0 Å². The molecule has 1 atom stereocenters. The van der Waals surface area contributed by atoms with Crippen molar-refractivity contribution < 1.29 is 4.74 Å². The van der Waals surface area contributed by atoms with Crippen LogP contribution in [0.5, 0.6) is 5.75 Å². The molecule has 1 aromatic heterocycles. The van der Waals surface area contributed by atoms with Gasteiger partial charge in [-0.25, -0.2) is 5.43 Å². The van der Waals surface area contributed by atoms with Gasteiger partial charge in [0, 0.05) is 12.1 Å². The molecule has 0 bridgehead atoms. The minimum absolute atomic E-state index is 0.151. The van der Waals surface area contributed by atoms with Crippen LogP contribution in [0.1, 0.15) is 41.0 Å². The summed E-state index contributed by atoms with van der Waals surface area (Å²) in [6.07, 6.45) is 0. The first-order valence-electron chi connectivity index (χ1n) is 7.17. The zero-order chi connectivity index (χ0) is 15.6. The first kappa shape index (κ1) is 15.5. The van der Waals surface area contributed by atoms with E-state index in [1.165, 1.54) is 5.56 Å². The molecule has 0 saturated carbocycles. The second-order valence-corrected chi connectivity index (χ2v) is 5.32. The Morgan fingerprint density at radius 1 is 1.29 bits per heavy atom. The van der Waals surface area contributed by atoms with Gasteiger partial charge in [-0.1, -0.05) is 6.07 Å². The lowest BCUT2D eigenvalue weighted by Gasteiger charge is -2.22. The van der Waals surface area contributed by atoms with E-state index in [1.807, 2.05) is 17.7 Å². The van der Waals surface area contributed by atoms with E-state index in [4.69, 9.17) is 10.6 Å². The molecule has 2 rings (SSSR count). The highest BCUT2D eigenvalue weighted by atomic mass is 16.5. The molecule has 0 saturated heterocycles. The van der Waals surface area contributed by atoms with Gasteiger partial charge in [-0.05, 0) is 51.0 Å². The van der Waals surface area contributed by atoms with Crippen molar-refractivity contribution in [3.05, 3.63) is 46.3 Å². The van der Waals surface area contributed by atoms with E-state index in [1.54, 1.807) is 7.11 Å². The maximum Gasteiger partial charge on any atom is 0.124 e. The van der Waals surface area contributed by atoms with Crippen LogP contribution in [0.4, 0.5) is 0 Å². The fourth-order valence-electron chi connectivity index (χ4n) is 2.85. The molecular formula is C16H24N4O. The summed E-state index contributed by atoms with van der Waals surface area (Å²) in [6, 6.07) is 6.09. The van der Waals surface area contributed by atoms with Gasteiger partial charge in [0.2, 0.25) is 0 Å². The van der Waals surface area contributed by atoms with Crippen LogP contribution < -0.4 is 16.0 Å². The molecular weight excluding hydrogens is 264 g/mol. The van der Waals surface area contributed by atoms with Gasteiger partial charge < -0.3 is 4.74 Å². The SMILES string of the molecule is CCn1nc(C)cc1C(NN)c1c(C)cc(C)cc1OC. The first-order chi connectivity index (χ1) is 10.0. The van der Waals surface area contributed by atoms with Gasteiger partial charge >= 0.3 is 0 Å². The van der Waals surface area contributed by atoms with E-state index in [2.05, 4.69) is 43.4 Å². The Kier molecular flexibility index (Phi) is 4.65. The van der Waals surface area contributed by atoms with Crippen LogP contribution in [-0.2, 0) is 6.54 Å². The zero-order valence-electron chi connectivity index (χ0n) is 13.4. The smallest absolute Gasteiger partial charge is 0.124 e. The quantitative estimate of drug-likeness (QED) is 0.655. The summed E-state index contributed by atoms with van der Waals surface area (Å²) in [6.45, 7) is 9.00. The lowest BCUT2D eigenvalue weighted by Crippen LogP contribution is -2.31. The third-order valence-corrected chi connectivity index (χ3v) is 3.70. The average molecular weight is 288 g/mol. The Hall–Kier alpha value is -1.85. The number of methoxy groups -OCH3 is 1. The summed E-state index contributed by atoms with van der Waals surface area (Å²) >= 11 is 0. The molecule has 0 amide bonds. The maximum atomic E-state index is 5.85. The van der Waals surface area contributed by atoms with Crippen LogP contribution >= 0.6 is 0 Å². The molecule has 1 unspecified atom stereocenters. The van der Waals surface area contributed by atoms with E-state index in [-0.39, 0.29) is 6.04 Å². The normalized spacial score (nSPS) is 12.5. The highest BCUT2D eigenvalue weighted by Gasteiger charge is 2.23. The summed E-state index contributed by atoms with van der Waals surface area (Å²) in [7, 11) is 1.69. The molecule has 0 fully saturated rings. The predicted octanol–water partition coefficient (Wildman–Crippen LogP) is 2.39. The Labute approximate surface area is 126 Å². The van der Waals surface area contributed by atoms with Crippen molar-refractivity contribution in [2.24, 2.45) is 5.84 Å². The molecule has 0 aliphatic heterocycles. The predicted molar refractivity (Wildman–Crippen MR) is 84.3 cm³/mol. The molecule has 1 aromatic carbocycles. The summed E-state index contributed by atoms with van der Waals surface area (Å²) in [4.78, 5) is 0. The van der Waals surface area contributed by atoms with Gasteiger partial charge in [-0.3, -0.25) is 10.5 Å². The highest BCUT2D eigenvalue weighted by molar-refractivity contribution is 5.47. The van der Waals surface area contributed by atoms with Crippen LogP contribution in [0.25, 0.3) is 0 Å². The van der Waals surface area contributed by atoms with E-state index >= 15 is 0 Å². The molecule has 0 radical (unpaired) electrons. The second kappa shape index (κ2) is 6.28. The Morgan fingerprint density at radius 3 is 2.57 bits per heavy atom. The van der Waals surface area contributed by atoms with Crippen LogP contribution in [-0.4, -0.2) is 16.9 Å². The van der Waals surface area contributed by atoms with Crippen LogP contribution in [0.3, 0.4) is 0 Å². The highest BCUT2D eigenvalue weighted by Crippen LogP contribution is 2.33. The molecule has 3 N–H and O–H groups in total. The van der Waals surface area contributed by atoms with Crippen molar-refractivity contribution in [1.29, 1.82) is 0 Å². The number of hydrogen-bond donors (Lipinski definition) is 2. The Morgan fingerprint density at radius 2 is 2.00 bits per heavy atom. The Bertz CT molecular complexity index is 633. The average Bonchev–Trinajstić information content (AvgIpc) is 2.82. The topological polar surface area (TPSA) is 65.1 Å². The zero-order valence-corrected chi connectivity index (χ0v) is 13.4. The minimum atomic E-state index is -0.151. The molecule has 5 nitrogen and oxygen atoms in total. The fraction of sp³-hybridized carbons (Fsp3) is 0.438. The lowest BCUT2D eigenvalue weighted by atomic mass is 9.96. The van der Waals surface area contributed by atoms with Crippen molar-refractivity contribution in [3.8, 4) is 5.75 Å². The van der Waals surface area contributed by atoms with Gasteiger partial charge in [-0.15, -0.1) is 0 Å². The summed E-state index contributed by atoms with van der Waals surface area (Å²) < 4.78 is 7.54. The van der Waals surface area contributed by atoms with Crippen molar-refractivity contribution in [1.82, 2.24) is 15.2 Å². The van der Waals surface area contributed by atoms with Crippen molar-refractivity contribution in [2.45, 2.75) is 40.3 Å². The molecule has 114 valence electrons. The number of aryl methyl sites for hydroxylation is 4. The number of rotatable bonds is 5. The van der Waals surface area contributed by atoms with Gasteiger partial charge in [0.1, 0.15) is 5.75 Å². The van der Waals surface area contributed by atoms with E-state index < -0.39 is 0 Å². The number of hydrazine groups is 1. The number of aromatic nitrogens is 2. The van der Waals surface area contributed by atoms with Crippen molar-refractivity contribution in [2.75, 3.05) is 7.11 Å². The molecule has 5 heteroatoms. The van der Waals surface area contributed by atoms with Gasteiger partial charge in [0.15, 0.2) is 0 Å². The maximum absolute atomic E-state index is 5.85. The van der Waals surface area contributed by atoms with Gasteiger partial charge in [0.05, 0.1) is 24.5 Å². The molecule has 0 aliphatic rings. The van der Waals surface area contributed by atoms with Gasteiger partial charge in [-0.2, -0.15) is 5.10 Å². The van der Waals surface area contributed by atoms with E-state index in [0.717, 1.165) is 34.8 Å². The molecule has 21 heavy (non-hydrogen) atoms.